The van der Waals surface area contributed by atoms with Crippen molar-refractivity contribution in [2.75, 3.05) is 5.32 Å². The third kappa shape index (κ3) is 3.66. The van der Waals surface area contributed by atoms with Crippen LogP contribution in [-0.2, 0) is 12.8 Å². The number of nitrogens with zero attached hydrogens (tertiary/aromatic N) is 3. The van der Waals surface area contributed by atoms with Crippen LogP contribution in [0.1, 0.15) is 37.1 Å². The van der Waals surface area contributed by atoms with Gasteiger partial charge in [0.15, 0.2) is 11.0 Å². The predicted octanol–water partition coefficient (Wildman–Crippen LogP) is 5.73. The number of fused-ring (bicyclic) bond motifs is 3. The number of allylic oxidation sites excluding steroid dienone is 1. The van der Waals surface area contributed by atoms with E-state index >= 15 is 0 Å². The largest absolute Gasteiger partial charge is 0.336 e. The van der Waals surface area contributed by atoms with Gasteiger partial charge in [0.2, 0.25) is 0 Å². The van der Waals surface area contributed by atoms with Gasteiger partial charge < -0.3 is 5.32 Å². The molecule has 2 heterocycles. The van der Waals surface area contributed by atoms with E-state index in [1.165, 1.54) is 0 Å². The zero-order chi connectivity index (χ0) is 19.7. The smallest absolute Gasteiger partial charge is 0.187 e. The highest BCUT2D eigenvalue weighted by atomic mass is 35.5. The summed E-state index contributed by atoms with van der Waals surface area (Å²) < 4.78 is 0. The molecule has 0 bridgehead atoms. The summed E-state index contributed by atoms with van der Waals surface area (Å²) in [5.74, 6) is 6.84. The van der Waals surface area contributed by atoms with Crippen molar-refractivity contribution in [3.05, 3.63) is 58.5 Å². The molecule has 0 saturated carbocycles. The first-order valence-corrected chi connectivity index (χ1v) is 10.3. The molecule has 3 aromatic rings. The van der Waals surface area contributed by atoms with E-state index in [1.54, 1.807) is 11.3 Å². The van der Waals surface area contributed by atoms with Crippen LogP contribution in [0.15, 0.2) is 36.7 Å². The number of halogens is 1. The third-order valence-corrected chi connectivity index (χ3v) is 5.69. The Hall–Kier alpha value is -2.68. The predicted molar refractivity (Wildman–Crippen MR) is 117 cm³/mol. The highest BCUT2D eigenvalue weighted by Gasteiger charge is 2.24. The molecular formula is C22H19ClN4S. The molecule has 0 amide bonds. The van der Waals surface area contributed by atoms with Crippen molar-refractivity contribution in [1.82, 2.24) is 15.0 Å². The molecule has 4 rings (SSSR count). The number of nitrogens with one attached hydrogen (secondary N) is 1. The van der Waals surface area contributed by atoms with E-state index < -0.39 is 0 Å². The average molecular weight is 407 g/mol. The zero-order valence-electron chi connectivity index (χ0n) is 15.8. The van der Waals surface area contributed by atoms with E-state index in [1.807, 2.05) is 38.2 Å². The Morgan fingerprint density at radius 2 is 2.18 bits per heavy atom. The van der Waals surface area contributed by atoms with Gasteiger partial charge in [-0.25, -0.2) is 15.0 Å². The Bertz CT molecular complexity index is 1140. The molecule has 1 aromatic carbocycles. The molecule has 1 N–H and O–H groups in total. The lowest BCUT2D eigenvalue weighted by Crippen LogP contribution is -2.06. The number of thiazole rings is 1. The molecule has 0 unspecified atom stereocenters. The molecule has 0 spiro atoms. The Labute approximate surface area is 173 Å². The van der Waals surface area contributed by atoms with E-state index in [9.17, 15) is 0 Å². The minimum Gasteiger partial charge on any atom is -0.336 e. The second-order valence-corrected chi connectivity index (χ2v) is 8.02. The number of anilines is 1. The lowest BCUT2D eigenvalue weighted by Gasteiger charge is -2.15. The fraction of sp³-hybridized carbons (Fsp3) is 0.227. The van der Waals surface area contributed by atoms with Crippen LogP contribution in [-0.4, -0.2) is 15.0 Å². The van der Waals surface area contributed by atoms with Gasteiger partial charge in [0.25, 0.3) is 0 Å². The second kappa shape index (κ2) is 7.75. The molecule has 0 fully saturated rings. The Balaban J connectivity index is 1.78. The normalized spacial score (nSPS) is 11.8. The molecule has 4 nitrogen and oxygen atoms in total. The monoisotopic (exact) mass is 406 g/mol. The molecule has 1 aliphatic carbocycles. The van der Waals surface area contributed by atoms with E-state index in [4.69, 9.17) is 21.6 Å². The number of rotatable bonds is 3. The van der Waals surface area contributed by atoms with E-state index in [0.717, 1.165) is 63.0 Å². The van der Waals surface area contributed by atoms with Crippen molar-refractivity contribution in [3.63, 3.8) is 0 Å². The highest BCUT2D eigenvalue weighted by molar-refractivity contribution is 7.19. The highest BCUT2D eigenvalue weighted by Crippen LogP contribution is 2.39. The van der Waals surface area contributed by atoms with Crippen LogP contribution < -0.4 is 5.32 Å². The molecule has 0 aliphatic heterocycles. The van der Waals surface area contributed by atoms with Crippen molar-refractivity contribution in [2.45, 2.75) is 33.1 Å². The maximum atomic E-state index is 6.45. The van der Waals surface area contributed by atoms with Gasteiger partial charge in [-0.3, -0.25) is 0 Å². The molecule has 0 atom stereocenters. The van der Waals surface area contributed by atoms with Gasteiger partial charge in [0.1, 0.15) is 0 Å². The molecule has 2 aromatic heterocycles. The maximum absolute atomic E-state index is 6.45. The van der Waals surface area contributed by atoms with Gasteiger partial charge in [-0.15, -0.1) is 0 Å². The van der Waals surface area contributed by atoms with Crippen LogP contribution in [0.25, 0.3) is 22.0 Å². The molecule has 1 aliphatic rings. The van der Waals surface area contributed by atoms with E-state index in [-0.39, 0.29) is 0 Å². The van der Waals surface area contributed by atoms with Gasteiger partial charge in [0.05, 0.1) is 21.3 Å². The van der Waals surface area contributed by atoms with Crippen molar-refractivity contribution in [2.24, 2.45) is 0 Å². The Morgan fingerprint density at radius 3 is 2.96 bits per heavy atom. The lowest BCUT2D eigenvalue weighted by molar-refractivity contribution is 0.889. The average Bonchev–Trinajstić information content (AvgIpc) is 3.09. The summed E-state index contributed by atoms with van der Waals surface area (Å²) >= 11 is 8.05. The van der Waals surface area contributed by atoms with Crippen LogP contribution in [0, 0.1) is 11.8 Å². The summed E-state index contributed by atoms with van der Waals surface area (Å²) in [6.07, 6.45) is 4.49. The van der Waals surface area contributed by atoms with Gasteiger partial charge in [-0.1, -0.05) is 48.3 Å². The van der Waals surface area contributed by atoms with Gasteiger partial charge in [-0.05, 0) is 43.5 Å². The summed E-state index contributed by atoms with van der Waals surface area (Å²) in [6.45, 7) is 7.85. The quantitative estimate of drug-likeness (QED) is 0.564. The molecule has 140 valence electrons. The SMILES string of the molecule is C=C(C)Nc1nc2c(s1)-c1nc(-c3cc(C#CCC)ccc3Cl)ncc1CC2. The van der Waals surface area contributed by atoms with Crippen LogP contribution in [0.4, 0.5) is 5.13 Å². The standard InChI is InChI=1S/C22H19ClN4S/c1-4-5-6-14-7-9-17(23)16(11-14)21-24-12-15-8-10-18-20(19(15)27-21)28-22(26-18)25-13(2)3/h7,9,11-12H,2,4,8,10H2,1,3H3,(H,25,26). The number of hydrogen-bond donors (Lipinski definition) is 1. The van der Waals surface area contributed by atoms with Gasteiger partial charge >= 0.3 is 0 Å². The topological polar surface area (TPSA) is 50.7 Å². The fourth-order valence-electron chi connectivity index (χ4n) is 3.08. The summed E-state index contributed by atoms with van der Waals surface area (Å²) in [6, 6.07) is 5.73. The molecule has 6 heteroatoms. The van der Waals surface area contributed by atoms with Crippen molar-refractivity contribution < 1.29 is 0 Å². The summed E-state index contributed by atoms with van der Waals surface area (Å²) in [5.41, 5.74) is 5.73. The van der Waals surface area contributed by atoms with Crippen molar-refractivity contribution >= 4 is 28.1 Å². The van der Waals surface area contributed by atoms with E-state index in [2.05, 4.69) is 28.7 Å². The first-order valence-electron chi connectivity index (χ1n) is 9.12. The minimum atomic E-state index is 0.611. The van der Waals surface area contributed by atoms with E-state index in [0.29, 0.717) is 10.8 Å². The molecule has 28 heavy (non-hydrogen) atoms. The molecule has 0 saturated heterocycles. The van der Waals surface area contributed by atoms with Crippen LogP contribution >= 0.6 is 22.9 Å². The fourth-order valence-corrected chi connectivity index (χ4v) is 4.39. The van der Waals surface area contributed by atoms with Crippen LogP contribution in [0.5, 0.6) is 0 Å². The second-order valence-electron chi connectivity index (χ2n) is 6.62. The van der Waals surface area contributed by atoms with Gasteiger partial charge in [0, 0.05) is 29.4 Å². The number of hydrogen-bond acceptors (Lipinski definition) is 5. The lowest BCUT2D eigenvalue weighted by atomic mass is 9.99. The summed E-state index contributed by atoms with van der Waals surface area (Å²) in [5, 5.41) is 4.67. The molecule has 0 radical (unpaired) electrons. The number of aryl methyl sites for hydroxylation is 2. The van der Waals surface area contributed by atoms with Crippen LogP contribution in [0.2, 0.25) is 5.02 Å². The maximum Gasteiger partial charge on any atom is 0.187 e. The Morgan fingerprint density at radius 1 is 1.32 bits per heavy atom. The zero-order valence-corrected chi connectivity index (χ0v) is 17.3. The molecular weight excluding hydrogens is 388 g/mol. The first kappa shape index (κ1) is 18.7. The Kier molecular flexibility index (Phi) is 5.17. The third-order valence-electron chi connectivity index (χ3n) is 4.35. The van der Waals surface area contributed by atoms with Crippen molar-refractivity contribution in [1.29, 1.82) is 0 Å². The van der Waals surface area contributed by atoms with Gasteiger partial charge in [-0.2, -0.15) is 0 Å². The first-order chi connectivity index (χ1) is 13.5. The summed E-state index contributed by atoms with van der Waals surface area (Å²) in [4.78, 5) is 15.2. The minimum absolute atomic E-state index is 0.611. The number of benzene rings is 1. The van der Waals surface area contributed by atoms with Crippen LogP contribution in [0.3, 0.4) is 0 Å². The number of aromatic nitrogens is 3. The summed E-state index contributed by atoms with van der Waals surface area (Å²) in [7, 11) is 0. The van der Waals surface area contributed by atoms with Crippen molar-refractivity contribution in [3.8, 4) is 33.8 Å².